The van der Waals surface area contributed by atoms with Gasteiger partial charge in [-0.05, 0) is 0 Å². The molecule has 0 aliphatic heterocycles. The van der Waals surface area contributed by atoms with Gasteiger partial charge < -0.3 is 4.74 Å². The summed E-state index contributed by atoms with van der Waals surface area (Å²) in [5.41, 5.74) is 0. The summed E-state index contributed by atoms with van der Waals surface area (Å²) in [4.78, 5) is 9.53. The number of hydrogen-bond acceptors (Lipinski definition) is 2. The largest absolute Gasteiger partial charge is 3.00 e. The SMILES string of the molecule is [CH2-]OC(C)=O.[Y+3]. The Morgan fingerprint density at radius 3 is 2.00 bits per heavy atom. The standard InChI is InChI=1S/C3H5O2.Y/c1-3(4)5-2;/h2H2,1H3;/q-1;+3. The zero-order chi connectivity index (χ0) is 4.28. The van der Waals surface area contributed by atoms with Crippen molar-refractivity contribution in [3.8, 4) is 0 Å². The molecule has 0 rings (SSSR count). The summed E-state index contributed by atoms with van der Waals surface area (Å²) in [6.45, 7) is 1.30. The van der Waals surface area contributed by atoms with E-state index in [9.17, 15) is 4.79 Å². The van der Waals surface area contributed by atoms with Crippen molar-refractivity contribution in [2.45, 2.75) is 6.92 Å². The number of carbonyl (C=O) groups is 1. The van der Waals surface area contributed by atoms with Gasteiger partial charge in [0.05, 0.1) is 0 Å². The van der Waals surface area contributed by atoms with Gasteiger partial charge in [-0.1, -0.05) is 0 Å². The molecule has 0 saturated heterocycles. The Bertz CT molecular complexity index is 44.1. The van der Waals surface area contributed by atoms with E-state index < -0.39 is 0 Å². The molecule has 0 amide bonds. The topological polar surface area (TPSA) is 26.3 Å². The molecule has 0 aromatic heterocycles. The van der Waals surface area contributed by atoms with E-state index in [4.69, 9.17) is 0 Å². The van der Waals surface area contributed by atoms with Crippen LogP contribution in [0.2, 0.25) is 0 Å². The molecule has 0 fully saturated rings. The number of rotatable bonds is 0. The van der Waals surface area contributed by atoms with Crippen molar-refractivity contribution in [3.05, 3.63) is 7.11 Å². The summed E-state index contributed by atoms with van der Waals surface area (Å²) in [5.74, 6) is -0.356. The minimum atomic E-state index is -0.356. The van der Waals surface area contributed by atoms with Gasteiger partial charge in [-0.25, -0.2) is 0 Å². The van der Waals surface area contributed by atoms with Crippen LogP contribution in [0.4, 0.5) is 0 Å². The molecule has 0 atom stereocenters. The van der Waals surface area contributed by atoms with Gasteiger partial charge in [0.1, 0.15) is 0 Å². The molecule has 0 aromatic rings. The zero-order valence-electron chi connectivity index (χ0n) is 3.60. The van der Waals surface area contributed by atoms with E-state index in [1.165, 1.54) is 6.92 Å². The maximum atomic E-state index is 9.53. The quantitative estimate of drug-likeness (QED) is 0.379. The van der Waals surface area contributed by atoms with Crippen molar-refractivity contribution in [2.24, 2.45) is 0 Å². The van der Waals surface area contributed by atoms with Crippen LogP contribution in [0, 0.1) is 7.11 Å². The molecule has 0 aliphatic rings. The van der Waals surface area contributed by atoms with Crippen molar-refractivity contribution < 1.29 is 42.2 Å². The van der Waals surface area contributed by atoms with Crippen LogP contribution in [0.25, 0.3) is 0 Å². The Labute approximate surface area is 62.1 Å². The fourth-order valence-electron chi connectivity index (χ4n) is 0. The summed E-state index contributed by atoms with van der Waals surface area (Å²) in [5, 5.41) is 0. The second-order valence-electron chi connectivity index (χ2n) is 0.636. The average molecular weight is 162 g/mol. The molecular weight excluding hydrogens is 157 g/mol. The van der Waals surface area contributed by atoms with Gasteiger partial charge in [-0.2, -0.15) is 7.11 Å². The summed E-state index contributed by atoms with van der Waals surface area (Å²) in [6, 6.07) is 0. The molecule has 0 aromatic carbocycles. The van der Waals surface area contributed by atoms with Gasteiger partial charge in [0.25, 0.3) is 5.97 Å². The molecule has 3 heteroatoms. The Balaban J connectivity index is 0. The van der Waals surface area contributed by atoms with E-state index in [0.717, 1.165) is 0 Å². The van der Waals surface area contributed by atoms with Crippen molar-refractivity contribution in [1.82, 2.24) is 0 Å². The number of esters is 1. The Hall–Kier alpha value is 0.574. The number of hydrogen-bond donors (Lipinski definition) is 0. The fraction of sp³-hybridized carbons (Fsp3) is 0.333. The van der Waals surface area contributed by atoms with Crippen LogP contribution in [0.15, 0.2) is 0 Å². The smallest absolute Gasteiger partial charge is 0.640 e. The molecular formula is C3H5O2Y+2. The number of ether oxygens (including phenoxy) is 1. The third-order valence-electron chi connectivity index (χ3n) is 0.203. The van der Waals surface area contributed by atoms with Crippen LogP contribution in [0.1, 0.15) is 6.92 Å². The molecule has 30 valence electrons. The van der Waals surface area contributed by atoms with Crippen LogP contribution in [0.5, 0.6) is 0 Å². The van der Waals surface area contributed by atoms with Gasteiger partial charge >= 0.3 is 32.7 Å². The van der Waals surface area contributed by atoms with Crippen LogP contribution in [-0.2, 0) is 42.2 Å². The second-order valence-corrected chi connectivity index (χ2v) is 0.636. The number of carbonyl (C=O) groups excluding carboxylic acids is 1. The van der Waals surface area contributed by atoms with Crippen molar-refractivity contribution in [1.29, 1.82) is 0 Å². The third-order valence-corrected chi connectivity index (χ3v) is 0.203. The summed E-state index contributed by atoms with van der Waals surface area (Å²) >= 11 is 0. The van der Waals surface area contributed by atoms with Crippen LogP contribution in [-0.4, -0.2) is 5.97 Å². The van der Waals surface area contributed by atoms with Crippen LogP contribution >= 0.6 is 0 Å². The van der Waals surface area contributed by atoms with E-state index >= 15 is 0 Å². The minimum absolute atomic E-state index is 0. The third kappa shape index (κ3) is 8.82. The normalized spacial score (nSPS) is 5.67. The molecule has 0 heterocycles. The van der Waals surface area contributed by atoms with Crippen molar-refractivity contribution in [2.75, 3.05) is 0 Å². The molecule has 0 aliphatic carbocycles. The Morgan fingerprint density at radius 1 is 1.83 bits per heavy atom. The molecule has 0 unspecified atom stereocenters. The van der Waals surface area contributed by atoms with Gasteiger partial charge in [-0.15, -0.1) is 0 Å². The maximum Gasteiger partial charge on any atom is 3.00 e. The first kappa shape index (κ1) is 9.76. The first-order chi connectivity index (χ1) is 2.27. The van der Waals surface area contributed by atoms with E-state index in [0.29, 0.717) is 0 Å². The predicted octanol–water partition coefficient (Wildman–Crippen LogP) is 0.339. The Morgan fingerprint density at radius 2 is 2.00 bits per heavy atom. The van der Waals surface area contributed by atoms with Crippen molar-refractivity contribution >= 4 is 5.97 Å². The van der Waals surface area contributed by atoms with Crippen molar-refractivity contribution in [3.63, 3.8) is 0 Å². The minimum Gasteiger partial charge on any atom is -0.640 e. The molecule has 0 N–H and O–H groups in total. The van der Waals surface area contributed by atoms with Gasteiger partial charge in [0.2, 0.25) is 0 Å². The molecule has 6 heavy (non-hydrogen) atoms. The summed E-state index contributed by atoms with van der Waals surface area (Å²) in [6.07, 6.45) is 0. The molecule has 0 bridgehead atoms. The molecule has 2 nitrogen and oxygen atoms in total. The summed E-state index contributed by atoms with van der Waals surface area (Å²) < 4.78 is 3.86. The van der Waals surface area contributed by atoms with Gasteiger partial charge in [0, 0.05) is 6.92 Å². The van der Waals surface area contributed by atoms with Crippen LogP contribution in [0.3, 0.4) is 0 Å². The first-order valence-corrected chi connectivity index (χ1v) is 1.20. The van der Waals surface area contributed by atoms with E-state index in [-0.39, 0.29) is 38.7 Å². The first-order valence-electron chi connectivity index (χ1n) is 1.20. The summed E-state index contributed by atoms with van der Waals surface area (Å²) in [7, 11) is 2.84. The predicted molar refractivity (Wildman–Crippen MR) is 17.1 cm³/mol. The molecule has 0 spiro atoms. The van der Waals surface area contributed by atoms with Gasteiger partial charge in [-0.3, -0.25) is 4.79 Å². The fourth-order valence-corrected chi connectivity index (χ4v) is 0. The average Bonchev–Trinajstić information content (AvgIpc) is 1.38. The second kappa shape index (κ2) is 5.57. The van der Waals surface area contributed by atoms with E-state index in [1.54, 1.807) is 0 Å². The maximum absolute atomic E-state index is 9.53. The molecule has 0 radical (unpaired) electrons. The zero-order valence-corrected chi connectivity index (χ0v) is 6.44. The van der Waals surface area contributed by atoms with E-state index in [1.807, 2.05) is 0 Å². The van der Waals surface area contributed by atoms with Gasteiger partial charge in [0.15, 0.2) is 0 Å². The Kier molecular flexibility index (Phi) is 9.07. The molecule has 0 saturated carbocycles. The van der Waals surface area contributed by atoms with Crippen LogP contribution < -0.4 is 0 Å². The monoisotopic (exact) mass is 162 g/mol. The van der Waals surface area contributed by atoms with E-state index in [2.05, 4.69) is 11.8 Å².